The van der Waals surface area contributed by atoms with Crippen molar-refractivity contribution in [1.82, 2.24) is 4.90 Å². The molecule has 0 heterocycles. The fraction of sp³-hybridized carbons (Fsp3) is 0.364. The maximum Gasteiger partial charge on any atom is 0.254 e. The first-order valence-electron chi connectivity index (χ1n) is 8.90. The van der Waals surface area contributed by atoms with E-state index in [1.807, 2.05) is 42.5 Å². The smallest absolute Gasteiger partial charge is 0.254 e. The van der Waals surface area contributed by atoms with Crippen molar-refractivity contribution in [1.29, 1.82) is 5.26 Å². The fourth-order valence-electron chi connectivity index (χ4n) is 3.17. The van der Waals surface area contributed by atoms with Gasteiger partial charge < -0.3 is 10.0 Å². The van der Waals surface area contributed by atoms with Crippen molar-refractivity contribution in [3.05, 3.63) is 71.3 Å². The van der Waals surface area contributed by atoms with E-state index >= 15 is 0 Å². The molecular formula is C22H24N2O2. The third-order valence-electron chi connectivity index (χ3n) is 4.73. The van der Waals surface area contributed by atoms with Crippen molar-refractivity contribution in [2.24, 2.45) is 0 Å². The van der Waals surface area contributed by atoms with Gasteiger partial charge >= 0.3 is 0 Å². The van der Waals surface area contributed by atoms with Gasteiger partial charge in [0.05, 0.1) is 17.1 Å². The fourth-order valence-corrected chi connectivity index (χ4v) is 3.17. The zero-order valence-electron chi connectivity index (χ0n) is 15.3. The van der Waals surface area contributed by atoms with E-state index in [-0.39, 0.29) is 17.9 Å². The average molecular weight is 348 g/mol. The number of benzene rings is 2. The molecule has 0 spiro atoms. The molecule has 1 N–H and O–H groups in total. The van der Waals surface area contributed by atoms with Crippen LogP contribution >= 0.6 is 0 Å². The Morgan fingerprint density at radius 3 is 2.27 bits per heavy atom. The Kier molecular flexibility index (Phi) is 4.84. The summed E-state index contributed by atoms with van der Waals surface area (Å²) in [5.74, 6) is -0.121. The highest BCUT2D eigenvalue weighted by atomic mass is 16.3. The zero-order valence-corrected chi connectivity index (χ0v) is 15.3. The molecule has 1 aliphatic rings. The molecule has 4 heteroatoms. The molecule has 4 nitrogen and oxygen atoms in total. The summed E-state index contributed by atoms with van der Waals surface area (Å²) >= 11 is 0. The van der Waals surface area contributed by atoms with Crippen LogP contribution in [-0.4, -0.2) is 28.1 Å². The average Bonchev–Trinajstić information content (AvgIpc) is 3.42. The van der Waals surface area contributed by atoms with E-state index in [1.165, 1.54) is 0 Å². The summed E-state index contributed by atoms with van der Waals surface area (Å²) in [5.41, 5.74) is 1.24. The van der Waals surface area contributed by atoms with Gasteiger partial charge in [0.25, 0.3) is 5.91 Å². The van der Waals surface area contributed by atoms with Gasteiger partial charge in [-0.1, -0.05) is 42.5 Å². The van der Waals surface area contributed by atoms with Gasteiger partial charge in [-0.2, -0.15) is 5.26 Å². The second-order valence-electron chi connectivity index (χ2n) is 7.73. The van der Waals surface area contributed by atoms with Gasteiger partial charge in [0, 0.05) is 18.7 Å². The van der Waals surface area contributed by atoms with Crippen LogP contribution in [0.5, 0.6) is 0 Å². The van der Waals surface area contributed by atoms with E-state index in [0.29, 0.717) is 12.1 Å². The van der Waals surface area contributed by atoms with Crippen LogP contribution in [0.15, 0.2) is 54.6 Å². The number of hydrogen-bond donors (Lipinski definition) is 1. The molecule has 1 fully saturated rings. The van der Waals surface area contributed by atoms with Crippen molar-refractivity contribution in [2.45, 2.75) is 44.2 Å². The number of nitriles is 1. The van der Waals surface area contributed by atoms with Crippen LogP contribution in [0.25, 0.3) is 0 Å². The monoisotopic (exact) mass is 348 g/mol. The number of carbonyl (C=O) groups is 1. The largest absolute Gasteiger partial charge is 0.389 e. The summed E-state index contributed by atoms with van der Waals surface area (Å²) in [6.07, 6.45) is 1.77. The maximum absolute atomic E-state index is 13.0. The molecule has 1 saturated carbocycles. The minimum atomic E-state index is -0.983. The predicted molar refractivity (Wildman–Crippen MR) is 100 cm³/mol. The molecule has 1 aliphatic carbocycles. The minimum absolute atomic E-state index is 0.121. The van der Waals surface area contributed by atoms with Crippen molar-refractivity contribution >= 4 is 5.91 Å². The third-order valence-corrected chi connectivity index (χ3v) is 4.73. The Balaban J connectivity index is 1.81. The molecule has 0 aliphatic heterocycles. The molecular weight excluding hydrogens is 324 g/mol. The highest BCUT2D eigenvalue weighted by Crippen LogP contribution is 2.47. The standard InChI is InChI=1S/C22H24N2O2/c1-21(2,26)16-24(14-17-6-4-3-5-7-17)20(25)18-8-10-19(11-9-18)22(15-23)12-13-22/h3-11,26H,12-14,16H2,1-2H3. The summed E-state index contributed by atoms with van der Waals surface area (Å²) < 4.78 is 0. The second kappa shape index (κ2) is 6.93. The number of amides is 1. The molecule has 26 heavy (non-hydrogen) atoms. The molecule has 134 valence electrons. The zero-order chi connectivity index (χ0) is 18.8. The number of aliphatic hydroxyl groups is 1. The molecule has 0 radical (unpaired) electrons. The van der Waals surface area contributed by atoms with Crippen molar-refractivity contribution in [3.8, 4) is 6.07 Å². The van der Waals surface area contributed by atoms with Crippen LogP contribution < -0.4 is 0 Å². The quantitative estimate of drug-likeness (QED) is 0.866. The Labute approximate surface area is 154 Å². The molecule has 1 amide bonds. The van der Waals surface area contributed by atoms with Crippen molar-refractivity contribution in [2.75, 3.05) is 6.54 Å². The van der Waals surface area contributed by atoms with Crippen LogP contribution in [0.1, 0.15) is 48.2 Å². The van der Waals surface area contributed by atoms with Crippen LogP contribution in [0, 0.1) is 11.3 Å². The van der Waals surface area contributed by atoms with E-state index in [4.69, 9.17) is 0 Å². The predicted octanol–water partition coefficient (Wildman–Crippen LogP) is 3.66. The summed E-state index contributed by atoms with van der Waals surface area (Å²) in [6.45, 7) is 4.08. The maximum atomic E-state index is 13.0. The number of hydrogen-bond acceptors (Lipinski definition) is 3. The van der Waals surface area contributed by atoms with Crippen molar-refractivity contribution in [3.63, 3.8) is 0 Å². The Bertz CT molecular complexity index is 810. The molecule has 0 aromatic heterocycles. The topological polar surface area (TPSA) is 64.3 Å². The Morgan fingerprint density at radius 1 is 1.15 bits per heavy atom. The Hall–Kier alpha value is -2.64. The highest BCUT2D eigenvalue weighted by Gasteiger charge is 2.44. The van der Waals surface area contributed by atoms with E-state index < -0.39 is 5.60 Å². The SMILES string of the molecule is CC(C)(O)CN(Cc1ccccc1)C(=O)c1ccc(C2(C#N)CC2)cc1. The summed E-state index contributed by atoms with van der Waals surface area (Å²) in [7, 11) is 0. The van der Waals surface area contributed by atoms with Crippen LogP contribution in [0.2, 0.25) is 0 Å². The first-order chi connectivity index (χ1) is 12.3. The first kappa shape index (κ1) is 18.2. The Morgan fingerprint density at radius 2 is 1.77 bits per heavy atom. The van der Waals surface area contributed by atoms with E-state index in [1.54, 1.807) is 30.9 Å². The van der Waals surface area contributed by atoms with E-state index in [0.717, 1.165) is 24.0 Å². The third kappa shape index (κ3) is 4.12. The van der Waals surface area contributed by atoms with Crippen molar-refractivity contribution < 1.29 is 9.90 Å². The van der Waals surface area contributed by atoms with Gasteiger partial charge in [-0.05, 0) is 49.9 Å². The summed E-state index contributed by atoms with van der Waals surface area (Å²) in [6, 6.07) is 19.5. The van der Waals surface area contributed by atoms with Gasteiger partial charge in [-0.25, -0.2) is 0 Å². The molecule has 2 aromatic carbocycles. The molecule has 0 saturated heterocycles. The molecule has 3 rings (SSSR count). The lowest BCUT2D eigenvalue weighted by Gasteiger charge is -2.29. The minimum Gasteiger partial charge on any atom is -0.389 e. The van der Waals surface area contributed by atoms with Crippen LogP contribution in [-0.2, 0) is 12.0 Å². The lowest BCUT2D eigenvalue weighted by molar-refractivity contribution is 0.0280. The highest BCUT2D eigenvalue weighted by molar-refractivity contribution is 5.94. The number of nitrogens with zero attached hydrogens (tertiary/aromatic N) is 2. The van der Waals surface area contributed by atoms with E-state index in [2.05, 4.69) is 6.07 Å². The molecule has 0 atom stereocenters. The van der Waals surface area contributed by atoms with Crippen LogP contribution in [0.4, 0.5) is 0 Å². The first-order valence-corrected chi connectivity index (χ1v) is 8.90. The van der Waals surface area contributed by atoms with Gasteiger partial charge in [0.1, 0.15) is 0 Å². The normalized spacial score (nSPS) is 15.2. The molecule has 2 aromatic rings. The number of rotatable bonds is 6. The number of carbonyl (C=O) groups excluding carboxylic acids is 1. The molecule has 0 bridgehead atoms. The second-order valence-corrected chi connectivity index (χ2v) is 7.73. The van der Waals surface area contributed by atoms with E-state index in [9.17, 15) is 15.2 Å². The van der Waals surface area contributed by atoms with Gasteiger partial charge in [-0.15, -0.1) is 0 Å². The summed E-state index contributed by atoms with van der Waals surface area (Å²) in [5, 5.41) is 19.5. The van der Waals surface area contributed by atoms with Gasteiger partial charge in [-0.3, -0.25) is 4.79 Å². The molecule has 0 unspecified atom stereocenters. The van der Waals surface area contributed by atoms with Gasteiger partial charge in [0.15, 0.2) is 0 Å². The van der Waals surface area contributed by atoms with Crippen LogP contribution in [0.3, 0.4) is 0 Å². The van der Waals surface area contributed by atoms with Gasteiger partial charge in [0.2, 0.25) is 0 Å². The lowest BCUT2D eigenvalue weighted by Crippen LogP contribution is -2.41. The lowest BCUT2D eigenvalue weighted by atomic mass is 9.96. The summed E-state index contributed by atoms with van der Waals surface area (Å²) in [4.78, 5) is 14.7.